The molecule has 3 rings (SSSR count). The highest BCUT2D eigenvalue weighted by Gasteiger charge is 2.13. The molecule has 3 aromatic rings. The zero-order chi connectivity index (χ0) is 17.3. The lowest BCUT2D eigenvalue weighted by Crippen LogP contribution is -2.27. The fourth-order valence-electron chi connectivity index (χ4n) is 1.96. The van der Waals surface area contributed by atoms with Crippen molar-refractivity contribution in [3.05, 3.63) is 46.5 Å². The van der Waals surface area contributed by atoms with Gasteiger partial charge in [0.05, 0.1) is 5.69 Å². The molecule has 2 heterocycles. The fraction of sp³-hybridized carbons (Fsp3) is 0.143. The van der Waals surface area contributed by atoms with Crippen molar-refractivity contribution in [3.63, 3.8) is 0 Å². The summed E-state index contributed by atoms with van der Waals surface area (Å²) in [4.78, 5) is 32.5. The van der Waals surface area contributed by atoms with Crippen LogP contribution in [0.5, 0.6) is 0 Å². The van der Waals surface area contributed by atoms with Gasteiger partial charge in [-0.25, -0.2) is 18.7 Å². The first-order valence-electron chi connectivity index (χ1n) is 6.63. The van der Waals surface area contributed by atoms with Crippen molar-refractivity contribution >= 4 is 45.0 Å². The monoisotopic (exact) mass is 368 g/mol. The van der Waals surface area contributed by atoms with E-state index in [2.05, 4.69) is 15.3 Å². The number of benzene rings is 1. The SMILES string of the molecule is CSc1nc2ncn(CC(=O)Nc3ccc(F)cc3F)c(=O)c2s1. The van der Waals surface area contributed by atoms with Gasteiger partial charge >= 0.3 is 0 Å². The van der Waals surface area contributed by atoms with Gasteiger partial charge in [0.25, 0.3) is 5.56 Å². The van der Waals surface area contributed by atoms with Crippen molar-refractivity contribution in [1.82, 2.24) is 14.5 Å². The van der Waals surface area contributed by atoms with Crippen molar-refractivity contribution in [3.8, 4) is 0 Å². The van der Waals surface area contributed by atoms with E-state index < -0.39 is 23.1 Å². The van der Waals surface area contributed by atoms with Crippen LogP contribution in [0.4, 0.5) is 14.5 Å². The van der Waals surface area contributed by atoms with E-state index in [1.165, 1.54) is 29.4 Å². The summed E-state index contributed by atoms with van der Waals surface area (Å²) < 4.78 is 28.5. The summed E-state index contributed by atoms with van der Waals surface area (Å²) in [5.74, 6) is -2.26. The van der Waals surface area contributed by atoms with E-state index in [1.807, 2.05) is 6.26 Å². The predicted molar refractivity (Wildman–Crippen MR) is 88.4 cm³/mol. The average Bonchev–Trinajstić information content (AvgIpc) is 2.97. The summed E-state index contributed by atoms with van der Waals surface area (Å²) in [6, 6.07) is 2.80. The molecule has 6 nitrogen and oxygen atoms in total. The van der Waals surface area contributed by atoms with Crippen LogP contribution >= 0.6 is 23.1 Å². The maximum absolute atomic E-state index is 13.5. The Balaban J connectivity index is 1.82. The minimum atomic E-state index is -0.892. The van der Waals surface area contributed by atoms with Crippen LogP contribution in [0, 0.1) is 11.6 Å². The Bertz CT molecular complexity index is 987. The molecule has 124 valence electrons. The summed E-state index contributed by atoms with van der Waals surface area (Å²) in [6.07, 6.45) is 3.05. The first-order valence-corrected chi connectivity index (χ1v) is 8.67. The van der Waals surface area contributed by atoms with E-state index in [4.69, 9.17) is 0 Å². The van der Waals surface area contributed by atoms with Crippen molar-refractivity contribution in [2.75, 3.05) is 11.6 Å². The smallest absolute Gasteiger partial charge is 0.273 e. The Morgan fingerprint density at radius 3 is 2.92 bits per heavy atom. The number of halogens is 2. The van der Waals surface area contributed by atoms with Crippen LogP contribution in [0.1, 0.15) is 0 Å². The number of thiazole rings is 1. The number of hydrogen-bond donors (Lipinski definition) is 1. The molecule has 0 aliphatic heterocycles. The summed E-state index contributed by atoms with van der Waals surface area (Å²) in [6.45, 7) is -0.342. The number of hydrogen-bond acceptors (Lipinski definition) is 6. The van der Waals surface area contributed by atoms with Crippen molar-refractivity contribution < 1.29 is 13.6 Å². The average molecular weight is 368 g/mol. The first kappa shape index (κ1) is 16.5. The number of nitrogens with one attached hydrogen (secondary N) is 1. The lowest BCUT2D eigenvalue weighted by atomic mass is 10.3. The Morgan fingerprint density at radius 1 is 1.42 bits per heavy atom. The molecule has 1 N–H and O–H groups in total. The fourth-order valence-corrected chi connectivity index (χ4v) is 3.42. The van der Waals surface area contributed by atoms with Crippen LogP contribution in [-0.4, -0.2) is 26.7 Å². The van der Waals surface area contributed by atoms with Gasteiger partial charge in [-0.3, -0.25) is 14.2 Å². The maximum atomic E-state index is 13.5. The molecule has 0 unspecified atom stereocenters. The second kappa shape index (κ2) is 6.65. The first-order chi connectivity index (χ1) is 11.5. The van der Waals surface area contributed by atoms with Gasteiger partial charge in [0, 0.05) is 6.07 Å². The molecule has 0 aliphatic carbocycles. The number of rotatable bonds is 4. The number of nitrogens with zero attached hydrogens (tertiary/aromatic N) is 3. The van der Waals surface area contributed by atoms with E-state index in [0.717, 1.165) is 16.7 Å². The molecule has 0 aliphatic rings. The van der Waals surface area contributed by atoms with Crippen LogP contribution < -0.4 is 10.9 Å². The van der Waals surface area contributed by atoms with Crippen molar-refractivity contribution in [2.24, 2.45) is 0 Å². The molecule has 0 fully saturated rings. The molecular formula is C14H10F2N4O2S2. The molecule has 0 atom stereocenters. The molecule has 0 radical (unpaired) electrons. The summed E-state index contributed by atoms with van der Waals surface area (Å²) in [5, 5.41) is 2.29. The molecule has 10 heteroatoms. The van der Waals surface area contributed by atoms with Crippen molar-refractivity contribution in [1.29, 1.82) is 0 Å². The molecule has 24 heavy (non-hydrogen) atoms. The van der Waals surface area contributed by atoms with Gasteiger partial charge in [-0.15, -0.1) is 11.3 Å². The van der Waals surface area contributed by atoms with Gasteiger partial charge < -0.3 is 5.32 Å². The van der Waals surface area contributed by atoms with Gasteiger partial charge in [-0.2, -0.15) is 0 Å². The molecule has 1 amide bonds. The third-order valence-corrected chi connectivity index (χ3v) is 5.08. The summed E-state index contributed by atoms with van der Waals surface area (Å²) >= 11 is 2.59. The van der Waals surface area contributed by atoms with Crippen LogP contribution in [0.3, 0.4) is 0 Å². The van der Waals surface area contributed by atoms with E-state index in [1.54, 1.807) is 0 Å². The Labute approximate surface area is 142 Å². The highest BCUT2D eigenvalue weighted by Crippen LogP contribution is 2.24. The van der Waals surface area contributed by atoms with Gasteiger partial charge in [-0.05, 0) is 18.4 Å². The lowest BCUT2D eigenvalue weighted by molar-refractivity contribution is -0.116. The van der Waals surface area contributed by atoms with Gasteiger partial charge in [-0.1, -0.05) is 11.8 Å². The number of aromatic nitrogens is 3. The second-order valence-electron chi connectivity index (χ2n) is 4.69. The number of carbonyl (C=O) groups excluding carboxylic acids is 1. The Morgan fingerprint density at radius 2 is 2.21 bits per heavy atom. The maximum Gasteiger partial charge on any atom is 0.273 e. The number of amides is 1. The largest absolute Gasteiger partial charge is 0.322 e. The minimum absolute atomic E-state index is 0.161. The van der Waals surface area contributed by atoms with Crippen LogP contribution in [0.25, 0.3) is 10.3 Å². The second-order valence-corrected chi connectivity index (χ2v) is 6.74. The number of anilines is 1. The molecule has 0 saturated carbocycles. The summed E-state index contributed by atoms with van der Waals surface area (Å²) in [7, 11) is 0. The Hall–Kier alpha value is -2.33. The molecule has 0 spiro atoms. The van der Waals surface area contributed by atoms with Crippen molar-refractivity contribution in [2.45, 2.75) is 10.9 Å². The quantitative estimate of drug-likeness (QED) is 0.716. The van der Waals surface area contributed by atoms with E-state index >= 15 is 0 Å². The molecule has 1 aromatic carbocycles. The van der Waals surface area contributed by atoms with E-state index in [9.17, 15) is 18.4 Å². The zero-order valence-corrected chi connectivity index (χ0v) is 13.9. The Kier molecular flexibility index (Phi) is 4.58. The van der Waals surface area contributed by atoms with Gasteiger partial charge in [0.15, 0.2) is 9.99 Å². The van der Waals surface area contributed by atoms with Crippen LogP contribution in [0.2, 0.25) is 0 Å². The molecule has 0 bridgehead atoms. The third kappa shape index (κ3) is 3.29. The number of fused-ring (bicyclic) bond motifs is 1. The van der Waals surface area contributed by atoms with E-state index in [-0.39, 0.29) is 12.2 Å². The topological polar surface area (TPSA) is 76.9 Å². The van der Waals surface area contributed by atoms with Crippen LogP contribution in [0.15, 0.2) is 33.7 Å². The zero-order valence-electron chi connectivity index (χ0n) is 12.2. The standard InChI is InChI=1S/C14H10F2N4O2S2/c1-23-14-19-12-11(24-14)13(22)20(6-17-12)5-10(21)18-9-3-2-7(15)4-8(9)16/h2-4,6H,5H2,1H3,(H,18,21). The van der Waals surface area contributed by atoms with Gasteiger partial charge in [0.1, 0.15) is 29.2 Å². The predicted octanol–water partition coefficient (Wildman–Crippen LogP) is 2.49. The highest BCUT2D eigenvalue weighted by atomic mass is 32.2. The minimum Gasteiger partial charge on any atom is -0.322 e. The summed E-state index contributed by atoms with van der Waals surface area (Å²) in [5.41, 5.74) is -0.228. The number of carbonyl (C=O) groups is 1. The molecule has 2 aromatic heterocycles. The van der Waals surface area contributed by atoms with Gasteiger partial charge in [0.2, 0.25) is 5.91 Å². The van der Waals surface area contributed by atoms with E-state index in [0.29, 0.717) is 20.8 Å². The highest BCUT2D eigenvalue weighted by molar-refractivity contribution is 8.00. The molecule has 0 saturated heterocycles. The normalized spacial score (nSPS) is 11.0. The van der Waals surface area contributed by atoms with Crippen LogP contribution in [-0.2, 0) is 11.3 Å². The molecular weight excluding hydrogens is 358 g/mol. The number of thioether (sulfide) groups is 1. The third-order valence-electron chi connectivity index (χ3n) is 3.06. The lowest BCUT2D eigenvalue weighted by Gasteiger charge is -2.07.